The Morgan fingerprint density at radius 3 is 2.65 bits per heavy atom. The van der Waals surface area contributed by atoms with Crippen LogP contribution in [0.3, 0.4) is 0 Å². The van der Waals surface area contributed by atoms with Crippen molar-refractivity contribution in [2.75, 3.05) is 13.1 Å². The Morgan fingerprint density at radius 1 is 1.41 bits per heavy atom. The Labute approximate surface area is 106 Å². The minimum atomic E-state index is 0.121. The van der Waals surface area contributed by atoms with Gasteiger partial charge in [-0.2, -0.15) is 0 Å². The van der Waals surface area contributed by atoms with Crippen LogP contribution in [-0.4, -0.2) is 33.5 Å². The van der Waals surface area contributed by atoms with Gasteiger partial charge in [0.1, 0.15) is 4.88 Å². The number of nitrogens with zero attached hydrogens (tertiary/aromatic N) is 3. The number of likely N-dealkylation sites (tertiary alicyclic amines) is 1. The molecule has 0 radical (unpaired) electrons. The van der Waals surface area contributed by atoms with Gasteiger partial charge in [0.25, 0.3) is 5.91 Å². The van der Waals surface area contributed by atoms with Gasteiger partial charge in [-0.25, -0.2) is 0 Å². The van der Waals surface area contributed by atoms with Crippen LogP contribution in [0.1, 0.15) is 42.6 Å². The summed E-state index contributed by atoms with van der Waals surface area (Å²) >= 11 is 1.23. The third-order valence-electron chi connectivity index (χ3n) is 3.24. The van der Waals surface area contributed by atoms with Gasteiger partial charge in [-0.15, -0.1) is 5.10 Å². The van der Waals surface area contributed by atoms with Crippen LogP contribution in [0.2, 0.25) is 0 Å². The predicted octanol–water partition coefficient (Wildman–Crippen LogP) is 2.22. The summed E-state index contributed by atoms with van der Waals surface area (Å²) < 4.78 is 3.89. The molecular formula is C12H19N3OS. The molecule has 0 unspecified atom stereocenters. The molecule has 0 spiro atoms. The van der Waals surface area contributed by atoms with Gasteiger partial charge in [0, 0.05) is 13.1 Å². The van der Waals surface area contributed by atoms with Crippen LogP contribution >= 0.6 is 11.5 Å². The van der Waals surface area contributed by atoms with E-state index in [0.29, 0.717) is 11.8 Å². The molecule has 1 aromatic rings. The lowest BCUT2D eigenvalue weighted by Crippen LogP contribution is -2.42. The quantitative estimate of drug-likeness (QED) is 0.812. The van der Waals surface area contributed by atoms with E-state index in [0.717, 1.165) is 30.1 Å². The van der Waals surface area contributed by atoms with E-state index in [2.05, 4.69) is 23.4 Å². The Kier molecular flexibility index (Phi) is 3.76. The van der Waals surface area contributed by atoms with Gasteiger partial charge in [-0.1, -0.05) is 25.3 Å². The van der Waals surface area contributed by atoms with Crippen molar-refractivity contribution in [2.45, 2.75) is 33.6 Å². The molecular weight excluding hydrogens is 234 g/mol. The summed E-state index contributed by atoms with van der Waals surface area (Å²) in [4.78, 5) is 15.1. The Balaban J connectivity index is 2.14. The maximum atomic E-state index is 12.4. The second kappa shape index (κ2) is 5.12. The molecule has 94 valence electrons. The highest BCUT2D eigenvalue weighted by Gasteiger charge is 2.28. The molecule has 0 bridgehead atoms. The van der Waals surface area contributed by atoms with Gasteiger partial charge in [0.2, 0.25) is 0 Å². The molecule has 0 aliphatic carbocycles. The number of hydrogen-bond donors (Lipinski definition) is 0. The summed E-state index contributed by atoms with van der Waals surface area (Å²) in [5.41, 5.74) is 0.839. The molecule has 2 atom stereocenters. The number of carbonyl (C=O) groups excluding carboxylic acids is 1. The molecule has 0 aromatic carbocycles. The molecule has 4 nitrogen and oxygen atoms in total. The van der Waals surface area contributed by atoms with E-state index >= 15 is 0 Å². The third-order valence-corrected chi connectivity index (χ3v) is 4.00. The first-order chi connectivity index (χ1) is 8.11. The first kappa shape index (κ1) is 12.5. The number of rotatable bonds is 2. The maximum absolute atomic E-state index is 12.4. The summed E-state index contributed by atoms with van der Waals surface area (Å²) in [7, 11) is 0. The first-order valence-electron chi connectivity index (χ1n) is 6.22. The van der Waals surface area contributed by atoms with Crippen LogP contribution in [0.4, 0.5) is 0 Å². The van der Waals surface area contributed by atoms with Gasteiger partial charge < -0.3 is 4.90 Å². The van der Waals surface area contributed by atoms with Crippen LogP contribution in [0.5, 0.6) is 0 Å². The molecule has 2 heterocycles. The smallest absolute Gasteiger partial charge is 0.267 e. The average Bonchev–Trinajstić information content (AvgIpc) is 2.74. The number of carbonyl (C=O) groups is 1. The van der Waals surface area contributed by atoms with Crippen molar-refractivity contribution in [3.05, 3.63) is 10.6 Å². The lowest BCUT2D eigenvalue weighted by Gasteiger charge is -2.34. The largest absolute Gasteiger partial charge is 0.337 e. The van der Waals surface area contributed by atoms with E-state index in [-0.39, 0.29) is 5.91 Å². The zero-order valence-electron chi connectivity index (χ0n) is 10.6. The topological polar surface area (TPSA) is 46.1 Å². The summed E-state index contributed by atoms with van der Waals surface area (Å²) in [5.74, 6) is 1.30. The molecule has 1 saturated heterocycles. The molecule has 1 amide bonds. The number of hydrogen-bond acceptors (Lipinski definition) is 4. The zero-order chi connectivity index (χ0) is 12.4. The highest BCUT2D eigenvalue weighted by Crippen LogP contribution is 2.24. The van der Waals surface area contributed by atoms with Crippen molar-refractivity contribution in [1.29, 1.82) is 0 Å². The number of aromatic nitrogens is 2. The SMILES string of the molecule is CCc1nnsc1C(=O)N1C[C@H](C)C[C@@H](C)C1. The lowest BCUT2D eigenvalue weighted by molar-refractivity contribution is 0.0627. The lowest BCUT2D eigenvalue weighted by atomic mass is 9.92. The summed E-state index contributed by atoms with van der Waals surface area (Å²) in [6.07, 6.45) is 1.99. The third kappa shape index (κ3) is 2.65. The van der Waals surface area contributed by atoms with Gasteiger partial charge in [0.15, 0.2) is 0 Å². The molecule has 1 aliphatic heterocycles. The second-order valence-electron chi connectivity index (χ2n) is 5.06. The molecule has 1 aromatic heterocycles. The Hall–Kier alpha value is -0.970. The van der Waals surface area contributed by atoms with Gasteiger partial charge >= 0.3 is 0 Å². The van der Waals surface area contributed by atoms with Crippen LogP contribution in [-0.2, 0) is 6.42 Å². The fraction of sp³-hybridized carbons (Fsp3) is 0.750. The van der Waals surface area contributed by atoms with Gasteiger partial charge in [-0.05, 0) is 36.2 Å². The standard InChI is InChI=1S/C12H19N3OS/c1-4-10-11(17-14-13-10)12(16)15-6-8(2)5-9(3)7-15/h8-9H,4-7H2,1-3H3/t8-,9-/m1/s1. The van der Waals surface area contributed by atoms with E-state index < -0.39 is 0 Å². The Morgan fingerprint density at radius 2 is 2.06 bits per heavy atom. The van der Waals surface area contributed by atoms with Crippen molar-refractivity contribution < 1.29 is 4.79 Å². The summed E-state index contributed by atoms with van der Waals surface area (Å²) in [5, 5.41) is 4.01. The molecule has 0 N–H and O–H groups in total. The number of aryl methyl sites for hydroxylation is 1. The van der Waals surface area contributed by atoms with Gasteiger partial charge in [-0.3, -0.25) is 4.79 Å². The fourth-order valence-corrected chi connectivity index (χ4v) is 3.29. The molecule has 1 aliphatic rings. The zero-order valence-corrected chi connectivity index (χ0v) is 11.5. The minimum Gasteiger partial charge on any atom is -0.337 e. The van der Waals surface area contributed by atoms with Crippen LogP contribution < -0.4 is 0 Å². The van der Waals surface area contributed by atoms with E-state index in [9.17, 15) is 4.79 Å². The fourth-order valence-electron chi connectivity index (χ4n) is 2.57. The van der Waals surface area contributed by atoms with E-state index in [1.807, 2.05) is 11.8 Å². The van der Waals surface area contributed by atoms with Crippen molar-refractivity contribution in [3.63, 3.8) is 0 Å². The van der Waals surface area contributed by atoms with Gasteiger partial charge in [0.05, 0.1) is 5.69 Å². The Bertz CT molecular complexity index is 394. The normalized spacial score (nSPS) is 25.0. The number of amides is 1. The molecule has 17 heavy (non-hydrogen) atoms. The second-order valence-corrected chi connectivity index (χ2v) is 5.81. The van der Waals surface area contributed by atoms with Crippen LogP contribution in [0, 0.1) is 11.8 Å². The summed E-state index contributed by atoms with van der Waals surface area (Å²) in [6, 6.07) is 0. The first-order valence-corrected chi connectivity index (χ1v) is 6.99. The predicted molar refractivity (Wildman–Crippen MR) is 68.1 cm³/mol. The average molecular weight is 253 g/mol. The van der Waals surface area contributed by atoms with Crippen LogP contribution in [0.25, 0.3) is 0 Å². The molecule has 5 heteroatoms. The van der Waals surface area contributed by atoms with Crippen molar-refractivity contribution >= 4 is 17.4 Å². The molecule has 1 fully saturated rings. The van der Waals surface area contributed by atoms with Crippen LogP contribution in [0.15, 0.2) is 0 Å². The monoisotopic (exact) mass is 253 g/mol. The maximum Gasteiger partial charge on any atom is 0.267 e. The molecule has 2 rings (SSSR count). The van der Waals surface area contributed by atoms with E-state index in [1.54, 1.807) is 0 Å². The van der Waals surface area contributed by atoms with Crippen molar-refractivity contribution in [1.82, 2.24) is 14.5 Å². The summed E-state index contributed by atoms with van der Waals surface area (Å²) in [6.45, 7) is 8.16. The number of piperidine rings is 1. The highest BCUT2D eigenvalue weighted by atomic mass is 32.1. The van der Waals surface area contributed by atoms with Crippen molar-refractivity contribution in [3.8, 4) is 0 Å². The van der Waals surface area contributed by atoms with E-state index in [1.165, 1.54) is 18.0 Å². The highest BCUT2D eigenvalue weighted by molar-refractivity contribution is 7.08. The van der Waals surface area contributed by atoms with E-state index in [4.69, 9.17) is 0 Å². The minimum absolute atomic E-state index is 0.121. The molecule has 0 saturated carbocycles. The van der Waals surface area contributed by atoms with Crippen molar-refractivity contribution in [2.24, 2.45) is 11.8 Å².